The van der Waals surface area contributed by atoms with Crippen molar-refractivity contribution in [2.45, 2.75) is 0 Å². The first kappa shape index (κ1) is 16.1. The van der Waals surface area contributed by atoms with Gasteiger partial charge in [0.1, 0.15) is 4.91 Å². The van der Waals surface area contributed by atoms with Crippen LogP contribution in [-0.4, -0.2) is 55.4 Å². The van der Waals surface area contributed by atoms with Crippen molar-refractivity contribution in [1.82, 2.24) is 0 Å². The van der Waals surface area contributed by atoms with Gasteiger partial charge in [-0.2, -0.15) is 9.68 Å². The monoisotopic (exact) mass is 364 g/mol. The van der Waals surface area contributed by atoms with Gasteiger partial charge in [-0.3, -0.25) is 0 Å². The zero-order valence-electron chi connectivity index (χ0n) is 8.90. The number of nitrogens with zero attached hydrogens (tertiary/aromatic N) is 1. The van der Waals surface area contributed by atoms with Crippen LogP contribution in [0.3, 0.4) is 0 Å². The first-order valence-corrected chi connectivity index (χ1v) is 7.06. The van der Waals surface area contributed by atoms with E-state index in [0.29, 0.717) is 26.4 Å². The van der Waals surface area contributed by atoms with Crippen LogP contribution >= 0.6 is 31.9 Å². The molecule has 0 aromatic rings. The molecule has 0 radical (unpaired) electrons. The summed E-state index contributed by atoms with van der Waals surface area (Å²) in [5.41, 5.74) is 0. The van der Waals surface area contributed by atoms with Crippen molar-refractivity contribution < 1.29 is 24.2 Å². The topological polar surface area (TPSA) is 57.0 Å². The summed E-state index contributed by atoms with van der Waals surface area (Å²) in [5.74, 6) is 0. The van der Waals surface area contributed by atoms with Gasteiger partial charge in [0.05, 0.1) is 26.4 Å². The summed E-state index contributed by atoms with van der Waals surface area (Å²) >= 11 is 6.41. The predicted molar refractivity (Wildman–Crippen MR) is 64.8 cm³/mol. The van der Waals surface area contributed by atoms with E-state index < -0.39 is 0 Å². The van der Waals surface area contributed by atoms with Gasteiger partial charge in [0.25, 0.3) is 0 Å². The van der Waals surface area contributed by atoms with Crippen LogP contribution in [0.5, 0.6) is 0 Å². The molecule has 0 saturated carbocycles. The third kappa shape index (κ3) is 12.2. The predicted octanol–water partition coefficient (Wildman–Crippen LogP) is 1.45. The lowest BCUT2D eigenvalue weighted by Gasteiger charge is -1.98. The van der Waals surface area contributed by atoms with E-state index in [9.17, 15) is 4.91 Å². The molecule has 6 nitrogen and oxygen atoms in total. The first-order chi connectivity index (χ1) is 7.81. The summed E-state index contributed by atoms with van der Waals surface area (Å²) in [7, 11) is 0. The smallest absolute Gasteiger partial charge is 0.377 e. The molecule has 0 heterocycles. The third-order valence-electron chi connectivity index (χ3n) is 1.29. The normalized spacial score (nSPS) is 10.1. The van der Waals surface area contributed by atoms with Crippen LogP contribution < -0.4 is 0 Å². The standard InChI is InChI=1S/C8H16Br2NO5/c9-1-3-13-5-7-15-11(12)16-8-6-14-4-2-10/h1-8H2/q+1. The Balaban J connectivity index is 3.12. The summed E-state index contributed by atoms with van der Waals surface area (Å²) in [6, 6.07) is 0. The Morgan fingerprint density at radius 1 is 0.750 bits per heavy atom. The Hall–Kier alpha value is 0.0800. The van der Waals surface area contributed by atoms with Gasteiger partial charge in [-0.05, 0) is 0 Å². The van der Waals surface area contributed by atoms with Gasteiger partial charge in [0.2, 0.25) is 0 Å². The molecule has 0 spiro atoms. The Labute approximate surface area is 111 Å². The largest absolute Gasteiger partial charge is 0.477 e. The molecule has 0 bridgehead atoms. The van der Waals surface area contributed by atoms with Gasteiger partial charge in [-0.25, -0.2) is 0 Å². The Bertz CT molecular complexity index is 157. The van der Waals surface area contributed by atoms with Crippen molar-refractivity contribution in [1.29, 1.82) is 0 Å². The van der Waals surface area contributed by atoms with Crippen LogP contribution in [0.4, 0.5) is 0 Å². The van der Waals surface area contributed by atoms with E-state index in [-0.39, 0.29) is 18.3 Å². The second-order valence-corrected chi connectivity index (χ2v) is 4.08. The maximum absolute atomic E-state index is 10.9. The minimum atomic E-state index is 0.0784. The molecule has 0 saturated heterocycles. The van der Waals surface area contributed by atoms with E-state index >= 15 is 0 Å². The van der Waals surface area contributed by atoms with Gasteiger partial charge in [-0.1, -0.05) is 31.9 Å². The Morgan fingerprint density at radius 3 is 1.56 bits per heavy atom. The average Bonchev–Trinajstić information content (AvgIpc) is 2.28. The summed E-state index contributed by atoms with van der Waals surface area (Å²) in [4.78, 5) is 20.1. The van der Waals surface area contributed by atoms with E-state index in [1.807, 2.05) is 0 Å². The first-order valence-electron chi connectivity index (χ1n) is 4.81. The lowest BCUT2D eigenvalue weighted by atomic mass is 10.7. The molecule has 0 aromatic heterocycles. The highest BCUT2D eigenvalue weighted by Crippen LogP contribution is 1.87. The Morgan fingerprint density at radius 2 is 1.19 bits per heavy atom. The number of rotatable bonds is 12. The lowest BCUT2D eigenvalue weighted by molar-refractivity contribution is -0.981. The summed E-state index contributed by atoms with van der Waals surface area (Å²) in [6.45, 7) is 2.21. The molecule has 0 atom stereocenters. The van der Waals surface area contributed by atoms with Crippen molar-refractivity contribution in [3.8, 4) is 0 Å². The molecule has 0 aliphatic heterocycles. The highest BCUT2D eigenvalue weighted by molar-refractivity contribution is 9.09. The molecular formula is C8H16Br2NO5+. The zero-order chi connectivity index (χ0) is 12.1. The van der Waals surface area contributed by atoms with Gasteiger partial charge in [-0.15, -0.1) is 0 Å². The molecule has 0 amide bonds. The van der Waals surface area contributed by atoms with Crippen LogP contribution in [0, 0.1) is 4.91 Å². The van der Waals surface area contributed by atoms with E-state index in [2.05, 4.69) is 41.5 Å². The maximum atomic E-state index is 10.9. The van der Waals surface area contributed by atoms with E-state index in [1.54, 1.807) is 0 Å². The van der Waals surface area contributed by atoms with Gasteiger partial charge in [0, 0.05) is 10.7 Å². The number of ether oxygens (including phenoxy) is 2. The second-order valence-electron chi connectivity index (χ2n) is 2.49. The second kappa shape index (κ2) is 13.1. The molecule has 0 N–H and O–H groups in total. The number of alkyl halides is 2. The fourth-order valence-electron chi connectivity index (χ4n) is 0.692. The molecule has 8 heteroatoms. The molecule has 0 rings (SSSR count). The van der Waals surface area contributed by atoms with E-state index in [0.717, 1.165) is 10.7 Å². The van der Waals surface area contributed by atoms with Crippen LogP contribution in [0.25, 0.3) is 0 Å². The Kier molecular flexibility index (Phi) is 13.2. The van der Waals surface area contributed by atoms with Crippen molar-refractivity contribution >= 4 is 31.9 Å². The number of halogens is 2. The SMILES string of the molecule is O=[N+](OCCOCCBr)OCCOCCBr. The minimum absolute atomic E-state index is 0.0784. The number of hydrogen-bond donors (Lipinski definition) is 0. The highest BCUT2D eigenvalue weighted by Gasteiger charge is 2.11. The number of hydrogen-bond acceptors (Lipinski definition) is 5. The van der Waals surface area contributed by atoms with E-state index in [4.69, 9.17) is 9.47 Å². The van der Waals surface area contributed by atoms with E-state index in [1.165, 1.54) is 0 Å². The van der Waals surface area contributed by atoms with Crippen LogP contribution in [-0.2, 0) is 19.1 Å². The minimum Gasteiger partial charge on any atom is -0.377 e. The van der Waals surface area contributed by atoms with Crippen LogP contribution in [0.15, 0.2) is 0 Å². The average molecular weight is 366 g/mol. The lowest BCUT2D eigenvalue weighted by Crippen LogP contribution is -2.17. The highest BCUT2D eigenvalue weighted by atomic mass is 79.9. The third-order valence-corrected chi connectivity index (χ3v) is 1.94. The van der Waals surface area contributed by atoms with Crippen molar-refractivity contribution in [2.75, 3.05) is 50.3 Å². The summed E-state index contributed by atoms with van der Waals surface area (Å²) in [6.07, 6.45) is 0. The summed E-state index contributed by atoms with van der Waals surface area (Å²) in [5, 5.41) is 1.60. The molecule has 16 heavy (non-hydrogen) atoms. The van der Waals surface area contributed by atoms with Crippen molar-refractivity contribution in [3.63, 3.8) is 0 Å². The van der Waals surface area contributed by atoms with Crippen LogP contribution in [0.1, 0.15) is 0 Å². The summed E-state index contributed by atoms with van der Waals surface area (Å²) < 4.78 is 10.1. The maximum Gasteiger partial charge on any atom is 0.477 e. The molecule has 0 aromatic carbocycles. The van der Waals surface area contributed by atoms with Crippen molar-refractivity contribution in [3.05, 3.63) is 4.91 Å². The van der Waals surface area contributed by atoms with Crippen LogP contribution in [0.2, 0.25) is 0 Å². The molecular weight excluding hydrogens is 350 g/mol. The zero-order valence-corrected chi connectivity index (χ0v) is 12.1. The fourth-order valence-corrected chi connectivity index (χ4v) is 1.15. The molecule has 0 unspecified atom stereocenters. The van der Waals surface area contributed by atoms with Gasteiger partial charge in [0.15, 0.2) is 13.2 Å². The molecule has 96 valence electrons. The quantitative estimate of drug-likeness (QED) is 0.297. The van der Waals surface area contributed by atoms with Crippen molar-refractivity contribution in [2.24, 2.45) is 0 Å². The molecule has 0 aliphatic rings. The van der Waals surface area contributed by atoms with Gasteiger partial charge >= 0.3 is 5.09 Å². The fraction of sp³-hybridized carbons (Fsp3) is 1.00. The molecule has 0 aliphatic carbocycles. The molecule has 0 fully saturated rings. The van der Waals surface area contributed by atoms with Gasteiger partial charge < -0.3 is 9.47 Å².